The van der Waals surface area contributed by atoms with Crippen molar-refractivity contribution in [2.45, 2.75) is 72.6 Å². The molecule has 3 atom stereocenters. The molecule has 0 saturated heterocycles. The molecule has 21 heavy (non-hydrogen) atoms. The fraction of sp³-hybridized carbons (Fsp3) is 0.750. The normalized spacial score (nSPS) is 36.2. The predicted molar refractivity (Wildman–Crippen MR) is 90.1 cm³/mol. The number of allylic oxidation sites excluding steroid dienone is 3. The van der Waals surface area contributed by atoms with Crippen LogP contribution in [0.4, 0.5) is 0 Å². The molecule has 0 bridgehead atoms. The Labute approximate surface area is 130 Å². The summed E-state index contributed by atoms with van der Waals surface area (Å²) in [6, 6.07) is 0. The topological polar surface area (TPSA) is 17.1 Å². The molecular formula is C20H32O. The van der Waals surface area contributed by atoms with E-state index >= 15 is 0 Å². The summed E-state index contributed by atoms with van der Waals surface area (Å²) in [4.78, 5) is 10.6. The quantitative estimate of drug-likeness (QED) is 0.368. The van der Waals surface area contributed by atoms with Crippen molar-refractivity contribution < 1.29 is 4.79 Å². The smallest absolute Gasteiger partial charge is 0.142 e. The summed E-state index contributed by atoms with van der Waals surface area (Å²) in [5.41, 5.74) is 3.56. The number of aldehydes is 1. The van der Waals surface area contributed by atoms with Gasteiger partial charge in [-0.2, -0.15) is 0 Å². The summed E-state index contributed by atoms with van der Waals surface area (Å²) < 4.78 is 0. The lowest BCUT2D eigenvalue weighted by Gasteiger charge is -2.58. The van der Waals surface area contributed by atoms with Gasteiger partial charge in [0, 0.05) is 0 Å². The van der Waals surface area contributed by atoms with E-state index in [1.807, 2.05) is 0 Å². The number of fused-ring (bicyclic) bond motifs is 1. The summed E-state index contributed by atoms with van der Waals surface area (Å²) in [6.07, 6.45) is 11.4. The average Bonchev–Trinajstić information content (AvgIpc) is 2.37. The lowest BCUT2D eigenvalue weighted by Crippen LogP contribution is -2.49. The molecule has 2 aliphatic carbocycles. The zero-order chi connectivity index (χ0) is 15.7. The first-order valence-corrected chi connectivity index (χ1v) is 8.60. The Morgan fingerprint density at radius 3 is 2.71 bits per heavy atom. The van der Waals surface area contributed by atoms with Crippen molar-refractivity contribution in [1.82, 2.24) is 0 Å². The number of hydrogen-bond donors (Lipinski definition) is 0. The van der Waals surface area contributed by atoms with Crippen LogP contribution in [-0.4, -0.2) is 6.29 Å². The van der Waals surface area contributed by atoms with Gasteiger partial charge in [0.25, 0.3) is 0 Å². The first kappa shape index (κ1) is 16.5. The standard InChI is InChI=1S/C20H32O/c1-15(11-14-21)7-9-17-16(2)8-10-18-19(3,4)12-6-13-20(17,18)5/h11,14,17-18H,2,6-10,12-13H2,1,3-5H3/t17-,18-,20+/m0/s1. The maximum Gasteiger partial charge on any atom is 0.142 e. The Kier molecular flexibility index (Phi) is 4.80. The molecule has 0 aliphatic heterocycles. The third-order valence-corrected chi connectivity index (χ3v) is 6.50. The molecule has 0 spiro atoms. The predicted octanol–water partition coefficient (Wildman–Crippen LogP) is 5.71. The summed E-state index contributed by atoms with van der Waals surface area (Å²) in [7, 11) is 0. The highest BCUT2D eigenvalue weighted by Crippen LogP contribution is 2.61. The van der Waals surface area contributed by atoms with Crippen LogP contribution < -0.4 is 0 Å². The molecule has 2 rings (SSSR count). The fourth-order valence-corrected chi connectivity index (χ4v) is 5.38. The number of rotatable bonds is 4. The van der Waals surface area contributed by atoms with Crippen LogP contribution in [0, 0.1) is 22.7 Å². The highest BCUT2D eigenvalue weighted by Gasteiger charge is 2.52. The van der Waals surface area contributed by atoms with Crippen LogP contribution in [0.25, 0.3) is 0 Å². The fourth-order valence-electron chi connectivity index (χ4n) is 5.38. The molecule has 0 aromatic heterocycles. The molecule has 118 valence electrons. The second kappa shape index (κ2) is 6.10. The van der Waals surface area contributed by atoms with Gasteiger partial charge >= 0.3 is 0 Å². The van der Waals surface area contributed by atoms with E-state index in [1.54, 1.807) is 6.08 Å². The van der Waals surface area contributed by atoms with Crippen molar-refractivity contribution in [2.24, 2.45) is 22.7 Å². The minimum atomic E-state index is 0.415. The van der Waals surface area contributed by atoms with Crippen LogP contribution in [0.15, 0.2) is 23.8 Å². The summed E-state index contributed by atoms with van der Waals surface area (Å²) in [5.74, 6) is 1.45. The van der Waals surface area contributed by atoms with E-state index in [2.05, 4.69) is 34.3 Å². The van der Waals surface area contributed by atoms with Crippen LogP contribution in [0.2, 0.25) is 0 Å². The van der Waals surface area contributed by atoms with Gasteiger partial charge in [-0.25, -0.2) is 0 Å². The van der Waals surface area contributed by atoms with Crippen LogP contribution in [0.5, 0.6) is 0 Å². The Morgan fingerprint density at radius 2 is 2.05 bits per heavy atom. The Balaban J connectivity index is 2.19. The van der Waals surface area contributed by atoms with Crippen molar-refractivity contribution in [1.29, 1.82) is 0 Å². The van der Waals surface area contributed by atoms with Gasteiger partial charge in [-0.05, 0) is 74.2 Å². The van der Waals surface area contributed by atoms with Crippen molar-refractivity contribution in [3.05, 3.63) is 23.8 Å². The van der Waals surface area contributed by atoms with E-state index in [4.69, 9.17) is 0 Å². The van der Waals surface area contributed by atoms with Crippen LogP contribution in [-0.2, 0) is 4.79 Å². The van der Waals surface area contributed by atoms with Crippen LogP contribution >= 0.6 is 0 Å². The highest BCUT2D eigenvalue weighted by molar-refractivity contribution is 5.65. The molecule has 2 aliphatic rings. The minimum absolute atomic E-state index is 0.415. The molecule has 0 aromatic carbocycles. The monoisotopic (exact) mass is 288 g/mol. The van der Waals surface area contributed by atoms with Gasteiger partial charge in [0.2, 0.25) is 0 Å². The maximum atomic E-state index is 10.6. The SMILES string of the molecule is C=C1CC[C@H]2C(C)(C)CCC[C@]2(C)[C@H]1CCC(C)=CC=O. The van der Waals surface area contributed by atoms with Crippen LogP contribution in [0.1, 0.15) is 72.6 Å². The zero-order valence-corrected chi connectivity index (χ0v) is 14.4. The summed E-state index contributed by atoms with van der Waals surface area (Å²) >= 11 is 0. The molecule has 0 heterocycles. The van der Waals surface area contributed by atoms with Gasteiger partial charge in [0.1, 0.15) is 6.29 Å². The Morgan fingerprint density at radius 1 is 1.33 bits per heavy atom. The second-order valence-electron chi connectivity index (χ2n) is 8.34. The first-order valence-electron chi connectivity index (χ1n) is 8.60. The van der Waals surface area contributed by atoms with Crippen LogP contribution in [0.3, 0.4) is 0 Å². The zero-order valence-electron chi connectivity index (χ0n) is 14.4. The number of carbonyl (C=O) groups is 1. The lowest BCUT2D eigenvalue weighted by molar-refractivity contribution is -0.104. The van der Waals surface area contributed by atoms with Crippen molar-refractivity contribution >= 4 is 6.29 Å². The second-order valence-corrected chi connectivity index (χ2v) is 8.34. The third kappa shape index (κ3) is 3.17. The van der Waals surface area contributed by atoms with Crippen molar-refractivity contribution in [3.8, 4) is 0 Å². The molecule has 0 N–H and O–H groups in total. The highest BCUT2D eigenvalue weighted by atomic mass is 16.1. The van der Waals surface area contributed by atoms with Gasteiger partial charge < -0.3 is 0 Å². The molecular weight excluding hydrogens is 256 g/mol. The molecule has 0 radical (unpaired) electrons. The molecule has 2 saturated carbocycles. The van der Waals surface area contributed by atoms with Crippen molar-refractivity contribution in [2.75, 3.05) is 0 Å². The summed E-state index contributed by atoms with van der Waals surface area (Å²) in [5, 5.41) is 0. The number of hydrogen-bond acceptors (Lipinski definition) is 1. The lowest BCUT2D eigenvalue weighted by atomic mass is 9.47. The third-order valence-electron chi connectivity index (χ3n) is 6.50. The van der Waals surface area contributed by atoms with E-state index in [1.165, 1.54) is 43.3 Å². The van der Waals surface area contributed by atoms with E-state index in [9.17, 15) is 4.79 Å². The molecule has 0 unspecified atom stereocenters. The molecule has 2 fully saturated rings. The van der Waals surface area contributed by atoms with E-state index in [-0.39, 0.29) is 0 Å². The minimum Gasteiger partial charge on any atom is -0.299 e. The van der Waals surface area contributed by atoms with Gasteiger partial charge in [0.05, 0.1) is 0 Å². The molecule has 1 nitrogen and oxygen atoms in total. The molecule has 1 heteroatoms. The molecule has 0 amide bonds. The average molecular weight is 288 g/mol. The van der Waals surface area contributed by atoms with Gasteiger partial charge in [-0.3, -0.25) is 4.79 Å². The van der Waals surface area contributed by atoms with E-state index in [0.29, 0.717) is 16.7 Å². The Bertz CT molecular complexity index is 443. The van der Waals surface area contributed by atoms with Crippen molar-refractivity contribution in [3.63, 3.8) is 0 Å². The van der Waals surface area contributed by atoms with Gasteiger partial charge in [-0.1, -0.05) is 44.9 Å². The maximum absolute atomic E-state index is 10.6. The number of carbonyl (C=O) groups excluding carboxylic acids is 1. The Hall–Kier alpha value is -0.850. The van der Waals surface area contributed by atoms with Gasteiger partial charge in [-0.15, -0.1) is 0 Å². The largest absolute Gasteiger partial charge is 0.299 e. The summed E-state index contributed by atoms with van der Waals surface area (Å²) in [6.45, 7) is 13.9. The van der Waals surface area contributed by atoms with E-state index < -0.39 is 0 Å². The first-order chi connectivity index (χ1) is 9.81. The molecule has 0 aromatic rings. The van der Waals surface area contributed by atoms with E-state index in [0.717, 1.165) is 25.0 Å². The van der Waals surface area contributed by atoms with Gasteiger partial charge in [0.15, 0.2) is 0 Å².